The highest BCUT2D eigenvalue weighted by atomic mass is 16.3. The zero-order chi connectivity index (χ0) is 35.1. The Balaban J connectivity index is 1.10. The normalized spacial score (nSPS) is 21.2. The van der Waals surface area contributed by atoms with Gasteiger partial charge in [-0.25, -0.2) is 4.98 Å². The summed E-state index contributed by atoms with van der Waals surface area (Å²) in [4.78, 5) is 36.8. The minimum absolute atomic E-state index is 0.0614. The van der Waals surface area contributed by atoms with E-state index in [1.54, 1.807) is 24.1 Å². The summed E-state index contributed by atoms with van der Waals surface area (Å²) in [5.74, 6) is -0.0791. The fourth-order valence-electron chi connectivity index (χ4n) is 7.25. The predicted octanol–water partition coefficient (Wildman–Crippen LogP) is 1.99. The van der Waals surface area contributed by atoms with Crippen LogP contribution in [0.3, 0.4) is 0 Å². The van der Waals surface area contributed by atoms with Crippen molar-refractivity contribution in [2.45, 2.75) is 63.4 Å². The molecule has 2 atom stereocenters. The molecule has 0 radical (unpaired) electrons. The van der Waals surface area contributed by atoms with Crippen molar-refractivity contribution in [3.05, 3.63) is 83.0 Å². The summed E-state index contributed by atoms with van der Waals surface area (Å²) < 4.78 is 2.19. The quantitative estimate of drug-likeness (QED) is 0.129. The van der Waals surface area contributed by atoms with Gasteiger partial charge in [0.25, 0.3) is 11.8 Å². The van der Waals surface area contributed by atoms with Crippen LogP contribution in [0.2, 0.25) is 0 Å². The number of nitrogens with zero attached hydrogens (tertiary/aromatic N) is 6. The molecule has 1 unspecified atom stereocenters. The van der Waals surface area contributed by atoms with Gasteiger partial charge in [-0.1, -0.05) is 25.1 Å². The molecule has 264 valence electrons. The van der Waals surface area contributed by atoms with Crippen LogP contribution in [0.5, 0.6) is 0 Å². The monoisotopic (exact) mass is 681 g/mol. The van der Waals surface area contributed by atoms with E-state index in [4.69, 9.17) is 16.6 Å². The highest BCUT2D eigenvalue weighted by Gasteiger charge is 2.38. The summed E-state index contributed by atoms with van der Waals surface area (Å²) in [6.45, 7) is 5.37. The number of likely N-dealkylation sites (tertiary alicyclic amines) is 2. The molecule has 1 aromatic carbocycles. The lowest BCUT2D eigenvalue weighted by atomic mass is 9.91. The molecule has 0 bridgehead atoms. The third-order valence-corrected chi connectivity index (χ3v) is 10.1. The lowest BCUT2D eigenvalue weighted by Gasteiger charge is -2.43. The molecule has 3 aromatic rings. The van der Waals surface area contributed by atoms with Crippen LogP contribution in [0, 0.1) is 0 Å². The minimum atomic E-state index is -0.460. The van der Waals surface area contributed by atoms with Gasteiger partial charge >= 0.3 is 0 Å². The molecule has 0 spiro atoms. The number of para-hydroxylation sites is 1. The zero-order valence-electron chi connectivity index (χ0n) is 28.9. The number of rotatable bonds is 11. The van der Waals surface area contributed by atoms with Gasteiger partial charge in [-0.2, -0.15) is 5.10 Å². The van der Waals surface area contributed by atoms with Gasteiger partial charge < -0.3 is 42.3 Å². The SMILES string of the molecule is CC[C@@H]1c2c(cnn2C2CN(Cc3cccc(C(=O)N4CCC(O)C4)n3)C2)-c2cccc(NC(/C=C(\N)NC)=C(/N)C(=O)NC3CC3)c2N1C. The lowest BCUT2D eigenvalue weighted by molar-refractivity contribution is -0.117. The van der Waals surface area contributed by atoms with Crippen LogP contribution >= 0.6 is 0 Å². The number of amides is 2. The second kappa shape index (κ2) is 13.7. The molecule has 1 aliphatic carbocycles. The first kappa shape index (κ1) is 33.4. The molecule has 14 heteroatoms. The molecule has 3 fully saturated rings. The van der Waals surface area contributed by atoms with Gasteiger partial charge in [0, 0.05) is 70.1 Å². The van der Waals surface area contributed by atoms with Crippen molar-refractivity contribution >= 4 is 23.2 Å². The topological polar surface area (TPSA) is 183 Å². The van der Waals surface area contributed by atoms with Crippen LogP contribution in [-0.2, 0) is 11.3 Å². The van der Waals surface area contributed by atoms with Crippen LogP contribution < -0.4 is 32.3 Å². The van der Waals surface area contributed by atoms with E-state index in [9.17, 15) is 14.7 Å². The number of carbonyl (C=O) groups excluding carboxylic acids is 2. The first-order chi connectivity index (χ1) is 24.1. The number of aromatic nitrogens is 3. The van der Waals surface area contributed by atoms with Gasteiger partial charge in [0.1, 0.15) is 11.4 Å². The number of aliphatic hydroxyl groups is 1. The smallest absolute Gasteiger partial charge is 0.272 e. The van der Waals surface area contributed by atoms with E-state index in [0.717, 1.165) is 60.5 Å². The Labute approximate surface area is 292 Å². The third kappa shape index (κ3) is 6.48. The second-order valence-electron chi connectivity index (χ2n) is 13.7. The molecule has 4 aliphatic rings. The van der Waals surface area contributed by atoms with Crippen LogP contribution in [0.1, 0.15) is 66.6 Å². The maximum absolute atomic E-state index is 13.0. The number of nitrogens with one attached hydrogen (secondary N) is 3. The Kier molecular flexibility index (Phi) is 9.14. The molecule has 2 saturated heterocycles. The Morgan fingerprint density at radius 2 is 1.84 bits per heavy atom. The Bertz CT molecular complexity index is 1840. The number of pyridine rings is 1. The van der Waals surface area contributed by atoms with Crippen molar-refractivity contribution in [2.75, 3.05) is 50.5 Å². The zero-order valence-corrected chi connectivity index (χ0v) is 28.9. The summed E-state index contributed by atoms with van der Waals surface area (Å²) in [6, 6.07) is 12.1. The van der Waals surface area contributed by atoms with Gasteiger partial charge in [-0.3, -0.25) is 19.2 Å². The van der Waals surface area contributed by atoms with E-state index in [1.165, 1.54) is 5.69 Å². The fourth-order valence-corrected chi connectivity index (χ4v) is 7.25. The van der Waals surface area contributed by atoms with E-state index in [1.807, 2.05) is 30.5 Å². The minimum Gasteiger partial charge on any atom is -0.393 e. The van der Waals surface area contributed by atoms with Crippen molar-refractivity contribution in [2.24, 2.45) is 11.5 Å². The molecule has 1 saturated carbocycles. The number of hydrogen-bond acceptors (Lipinski definition) is 11. The van der Waals surface area contributed by atoms with E-state index >= 15 is 0 Å². The molecular formula is C36H47N11O3. The summed E-state index contributed by atoms with van der Waals surface area (Å²) in [5, 5.41) is 24.1. The number of aliphatic hydroxyl groups excluding tert-OH is 1. The molecular weight excluding hydrogens is 634 g/mol. The van der Waals surface area contributed by atoms with Gasteiger partial charge in [-0.15, -0.1) is 0 Å². The average Bonchev–Trinajstić information content (AvgIpc) is 3.64. The van der Waals surface area contributed by atoms with Crippen LogP contribution in [0.25, 0.3) is 11.1 Å². The largest absolute Gasteiger partial charge is 0.393 e. The molecule has 8 N–H and O–H groups in total. The van der Waals surface area contributed by atoms with Gasteiger partial charge in [0.15, 0.2) is 0 Å². The number of benzene rings is 1. The number of carbonyl (C=O) groups is 2. The molecule has 14 nitrogen and oxygen atoms in total. The number of nitrogens with two attached hydrogens (primary N) is 2. The molecule has 2 amide bonds. The van der Waals surface area contributed by atoms with E-state index < -0.39 is 6.10 Å². The first-order valence-electron chi connectivity index (χ1n) is 17.5. The number of allylic oxidation sites excluding steroid dienone is 1. The Hall–Kier alpha value is -5.08. The summed E-state index contributed by atoms with van der Waals surface area (Å²) in [5.41, 5.74) is 19.4. The lowest BCUT2D eigenvalue weighted by Crippen LogP contribution is -2.48. The van der Waals surface area contributed by atoms with E-state index in [0.29, 0.717) is 43.3 Å². The Morgan fingerprint density at radius 1 is 1.06 bits per heavy atom. The average molecular weight is 682 g/mol. The second-order valence-corrected chi connectivity index (χ2v) is 13.7. The number of β-amino-alcohol motifs (C(OH)–C–C–N with tert-alkyl or cyclic N) is 1. The van der Waals surface area contributed by atoms with Crippen molar-refractivity contribution in [3.8, 4) is 11.1 Å². The molecule has 50 heavy (non-hydrogen) atoms. The van der Waals surface area contributed by atoms with Gasteiger partial charge in [-0.05, 0) is 43.9 Å². The molecule has 2 aromatic heterocycles. The number of fused-ring (bicyclic) bond motifs is 3. The van der Waals surface area contributed by atoms with Crippen LogP contribution in [0.4, 0.5) is 11.4 Å². The summed E-state index contributed by atoms with van der Waals surface area (Å²) in [7, 11) is 3.81. The maximum atomic E-state index is 13.0. The standard InChI is InChI=1S/C36H47N11O3/c1-4-30-34-26(16-40-47(34)23-18-45(19-23)17-22-7-5-10-28(41-22)36(50)46-14-13-24(48)20-46)25-8-6-9-27(33(25)44(30)3)43-29(15-31(37)39-2)32(38)35(49)42-21-11-12-21/h5-10,15-16,21,23-24,30,39,43,48H,4,11-14,17-20,37-38H2,1-3H3,(H,42,49)/b31-15+,32-29+/t24?,30-/m1/s1. The summed E-state index contributed by atoms with van der Waals surface area (Å²) in [6.07, 6.45) is 6.54. The van der Waals surface area contributed by atoms with Crippen LogP contribution in [-0.4, -0.2) is 93.9 Å². The molecule has 5 heterocycles. The Morgan fingerprint density at radius 3 is 2.54 bits per heavy atom. The van der Waals surface area contributed by atoms with E-state index in [-0.39, 0.29) is 35.6 Å². The van der Waals surface area contributed by atoms with Crippen molar-refractivity contribution in [1.29, 1.82) is 0 Å². The maximum Gasteiger partial charge on any atom is 0.272 e. The summed E-state index contributed by atoms with van der Waals surface area (Å²) >= 11 is 0. The number of anilines is 2. The van der Waals surface area contributed by atoms with Gasteiger partial charge in [0.05, 0.1) is 58.7 Å². The van der Waals surface area contributed by atoms with Gasteiger partial charge in [0.2, 0.25) is 0 Å². The van der Waals surface area contributed by atoms with Crippen molar-refractivity contribution in [3.63, 3.8) is 0 Å². The number of hydrogen-bond donors (Lipinski definition) is 6. The molecule has 7 rings (SSSR count). The van der Waals surface area contributed by atoms with E-state index in [2.05, 4.69) is 55.5 Å². The van der Waals surface area contributed by atoms with Crippen LogP contribution in [0.15, 0.2) is 65.9 Å². The van der Waals surface area contributed by atoms with Crippen molar-refractivity contribution in [1.82, 2.24) is 35.2 Å². The predicted molar refractivity (Wildman–Crippen MR) is 192 cm³/mol. The fraction of sp³-hybridized carbons (Fsp3) is 0.444. The highest BCUT2D eigenvalue weighted by molar-refractivity contribution is 5.96. The van der Waals surface area contributed by atoms with Crippen molar-refractivity contribution < 1.29 is 14.7 Å². The molecule has 3 aliphatic heterocycles. The first-order valence-corrected chi connectivity index (χ1v) is 17.5. The third-order valence-electron chi connectivity index (χ3n) is 10.1. The highest BCUT2D eigenvalue weighted by Crippen LogP contribution is 2.49.